The Morgan fingerprint density at radius 2 is 1.42 bits per heavy atom. The van der Waals surface area contributed by atoms with E-state index in [1.807, 2.05) is 48.5 Å². The first-order chi connectivity index (χ1) is 9.22. The van der Waals surface area contributed by atoms with E-state index in [2.05, 4.69) is 6.92 Å². The summed E-state index contributed by atoms with van der Waals surface area (Å²) in [5.41, 5.74) is 3.45. The Kier molecular flexibility index (Phi) is 3.01. The van der Waals surface area contributed by atoms with Gasteiger partial charge in [0.15, 0.2) is 12.5 Å². The lowest BCUT2D eigenvalue weighted by atomic mass is 10.1. The molecule has 1 heterocycles. The van der Waals surface area contributed by atoms with Gasteiger partial charge in [-0.3, -0.25) is 0 Å². The third kappa shape index (κ3) is 1.91. The number of hydrogen-bond acceptors (Lipinski definition) is 3. The first-order valence-electron chi connectivity index (χ1n) is 6.34. The normalized spacial score (nSPS) is 21.5. The first-order valence-corrected chi connectivity index (χ1v) is 6.34. The van der Waals surface area contributed by atoms with Crippen molar-refractivity contribution < 1.29 is 10.2 Å². The maximum absolute atomic E-state index is 10.3. The van der Waals surface area contributed by atoms with Gasteiger partial charge in [-0.05, 0) is 31.0 Å². The number of anilines is 1. The summed E-state index contributed by atoms with van der Waals surface area (Å²) in [5, 5.41) is 20.7. The molecule has 3 rings (SSSR count). The fraction of sp³-hybridized carbons (Fsp3) is 0.188. The van der Waals surface area contributed by atoms with Crippen LogP contribution in [0.2, 0.25) is 0 Å². The van der Waals surface area contributed by atoms with Crippen molar-refractivity contribution in [3.63, 3.8) is 0 Å². The molecule has 2 aromatic rings. The van der Waals surface area contributed by atoms with E-state index in [-0.39, 0.29) is 0 Å². The quantitative estimate of drug-likeness (QED) is 0.865. The maximum atomic E-state index is 10.3. The van der Waals surface area contributed by atoms with Crippen molar-refractivity contribution in [2.24, 2.45) is 0 Å². The van der Waals surface area contributed by atoms with Crippen molar-refractivity contribution in [2.75, 3.05) is 4.90 Å². The smallest absolute Gasteiger partial charge is 0.155 e. The molecule has 2 N–H and O–H groups in total. The van der Waals surface area contributed by atoms with E-state index in [1.54, 1.807) is 4.90 Å². The van der Waals surface area contributed by atoms with Crippen LogP contribution in [0.1, 0.15) is 29.1 Å². The van der Waals surface area contributed by atoms with Gasteiger partial charge >= 0.3 is 0 Å². The lowest BCUT2D eigenvalue weighted by molar-refractivity contribution is 0.110. The topological polar surface area (TPSA) is 43.7 Å². The number of rotatable bonds is 2. The molecule has 3 heteroatoms. The van der Waals surface area contributed by atoms with Gasteiger partial charge in [0, 0.05) is 16.8 Å². The molecule has 1 radical (unpaired) electrons. The molecule has 19 heavy (non-hydrogen) atoms. The highest BCUT2D eigenvalue weighted by Crippen LogP contribution is 2.42. The predicted molar refractivity (Wildman–Crippen MR) is 74.3 cm³/mol. The van der Waals surface area contributed by atoms with Gasteiger partial charge in [0.1, 0.15) is 0 Å². The Bertz CT molecular complexity index is 551. The Hall–Kier alpha value is -1.84. The van der Waals surface area contributed by atoms with Crippen molar-refractivity contribution in [3.05, 3.63) is 72.1 Å². The van der Waals surface area contributed by atoms with E-state index in [1.165, 1.54) is 0 Å². The van der Waals surface area contributed by atoms with Crippen LogP contribution < -0.4 is 4.90 Å². The third-order valence-electron chi connectivity index (χ3n) is 3.60. The van der Waals surface area contributed by atoms with Crippen molar-refractivity contribution in [2.45, 2.75) is 18.9 Å². The van der Waals surface area contributed by atoms with Crippen LogP contribution in [0.15, 0.2) is 48.5 Å². The van der Waals surface area contributed by atoms with Crippen molar-refractivity contribution in [1.29, 1.82) is 0 Å². The zero-order valence-electron chi connectivity index (χ0n) is 10.5. The molecular formula is C16H16NO2. The molecule has 1 aliphatic heterocycles. The highest BCUT2D eigenvalue weighted by atomic mass is 16.3. The summed E-state index contributed by atoms with van der Waals surface area (Å²) in [6, 6.07) is 15.1. The van der Waals surface area contributed by atoms with E-state index in [0.717, 1.165) is 28.8 Å². The SMILES string of the molecule is [CH2]Cc1ccc(N2C(O)c3ccccc3C2O)cc1. The number of benzene rings is 2. The first kappa shape index (κ1) is 12.2. The van der Waals surface area contributed by atoms with Crippen LogP contribution in [0.4, 0.5) is 5.69 Å². The van der Waals surface area contributed by atoms with Gasteiger partial charge in [0.05, 0.1) is 0 Å². The van der Waals surface area contributed by atoms with Gasteiger partial charge in [0.25, 0.3) is 0 Å². The van der Waals surface area contributed by atoms with Crippen molar-refractivity contribution in [3.8, 4) is 0 Å². The van der Waals surface area contributed by atoms with Crippen molar-refractivity contribution in [1.82, 2.24) is 0 Å². The lowest BCUT2D eigenvalue weighted by Crippen LogP contribution is -2.25. The fourth-order valence-electron chi connectivity index (χ4n) is 2.53. The minimum Gasteiger partial charge on any atom is -0.369 e. The summed E-state index contributed by atoms with van der Waals surface area (Å²) in [6.07, 6.45) is -0.889. The summed E-state index contributed by atoms with van der Waals surface area (Å²) < 4.78 is 0. The van der Waals surface area contributed by atoms with Gasteiger partial charge < -0.3 is 15.1 Å². The number of aliphatic hydroxyl groups excluding tert-OH is 2. The Morgan fingerprint density at radius 3 is 1.89 bits per heavy atom. The predicted octanol–water partition coefficient (Wildman–Crippen LogP) is 2.57. The summed E-state index contributed by atoms with van der Waals surface area (Å²) in [5.74, 6) is 0. The molecule has 2 atom stereocenters. The Labute approximate surface area is 112 Å². The van der Waals surface area contributed by atoms with E-state index < -0.39 is 12.5 Å². The molecule has 2 unspecified atom stereocenters. The van der Waals surface area contributed by atoms with Crippen LogP contribution in [0.5, 0.6) is 0 Å². The highest BCUT2D eigenvalue weighted by molar-refractivity contribution is 5.55. The van der Waals surface area contributed by atoms with E-state index in [4.69, 9.17) is 0 Å². The second-order valence-corrected chi connectivity index (χ2v) is 4.70. The Balaban J connectivity index is 1.98. The summed E-state index contributed by atoms with van der Waals surface area (Å²) in [6.45, 7) is 3.83. The molecule has 1 aliphatic rings. The molecule has 0 bridgehead atoms. The molecule has 3 nitrogen and oxygen atoms in total. The fourth-order valence-corrected chi connectivity index (χ4v) is 2.53. The Morgan fingerprint density at radius 1 is 0.895 bits per heavy atom. The summed E-state index contributed by atoms with van der Waals surface area (Å²) in [7, 11) is 0. The van der Waals surface area contributed by atoms with Crippen LogP contribution in [0, 0.1) is 6.92 Å². The molecule has 0 saturated carbocycles. The second kappa shape index (κ2) is 4.68. The van der Waals surface area contributed by atoms with Gasteiger partial charge in [-0.15, -0.1) is 0 Å². The molecule has 0 amide bonds. The average Bonchev–Trinajstić information content (AvgIpc) is 2.72. The summed E-state index contributed by atoms with van der Waals surface area (Å²) >= 11 is 0. The lowest BCUT2D eigenvalue weighted by Gasteiger charge is -2.26. The number of aliphatic hydroxyl groups is 2. The second-order valence-electron chi connectivity index (χ2n) is 4.70. The van der Waals surface area contributed by atoms with Crippen LogP contribution in [0.25, 0.3) is 0 Å². The molecule has 0 fully saturated rings. The van der Waals surface area contributed by atoms with E-state index in [0.29, 0.717) is 0 Å². The molecule has 0 spiro atoms. The zero-order chi connectivity index (χ0) is 13.4. The van der Waals surface area contributed by atoms with E-state index in [9.17, 15) is 10.2 Å². The molecule has 0 saturated heterocycles. The number of hydrogen-bond donors (Lipinski definition) is 2. The number of fused-ring (bicyclic) bond motifs is 1. The van der Waals surface area contributed by atoms with Gasteiger partial charge in [0.2, 0.25) is 0 Å². The minimum absolute atomic E-state index is 0.728. The van der Waals surface area contributed by atoms with Crippen LogP contribution in [-0.2, 0) is 6.42 Å². The van der Waals surface area contributed by atoms with Gasteiger partial charge in [-0.2, -0.15) is 0 Å². The molecule has 0 aliphatic carbocycles. The van der Waals surface area contributed by atoms with Crippen molar-refractivity contribution >= 4 is 5.69 Å². The van der Waals surface area contributed by atoms with Crippen LogP contribution in [-0.4, -0.2) is 10.2 Å². The zero-order valence-corrected chi connectivity index (χ0v) is 10.5. The van der Waals surface area contributed by atoms with Gasteiger partial charge in [-0.1, -0.05) is 36.4 Å². The van der Waals surface area contributed by atoms with Gasteiger partial charge in [-0.25, -0.2) is 0 Å². The average molecular weight is 254 g/mol. The molecule has 2 aromatic carbocycles. The monoisotopic (exact) mass is 254 g/mol. The number of nitrogens with zero attached hydrogens (tertiary/aromatic N) is 1. The largest absolute Gasteiger partial charge is 0.369 e. The van der Waals surface area contributed by atoms with Crippen LogP contribution in [0.3, 0.4) is 0 Å². The highest BCUT2D eigenvalue weighted by Gasteiger charge is 2.35. The minimum atomic E-state index is -0.809. The molecular weight excluding hydrogens is 238 g/mol. The maximum Gasteiger partial charge on any atom is 0.155 e. The third-order valence-corrected chi connectivity index (χ3v) is 3.60. The van der Waals surface area contributed by atoms with Crippen LogP contribution >= 0.6 is 0 Å². The molecule has 97 valence electrons. The molecule has 0 aromatic heterocycles. The van der Waals surface area contributed by atoms with E-state index >= 15 is 0 Å². The standard InChI is InChI=1S/C16H16NO2/c1-2-11-7-9-12(10-8-11)17-15(18)13-5-3-4-6-14(13)16(17)19/h3-10,15-16,18-19H,1-2H2. The summed E-state index contributed by atoms with van der Waals surface area (Å²) in [4.78, 5) is 1.61.